The molecule has 1 fully saturated rings. The summed E-state index contributed by atoms with van der Waals surface area (Å²) in [7, 11) is 3.39. The van der Waals surface area contributed by atoms with Crippen molar-refractivity contribution in [3.8, 4) is 0 Å². The Labute approximate surface area is 165 Å². The fourth-order valence-corrected chi connectivity index (χ4v) is 3.35. The summed E-state index contributed by atoms with van der Waals surface area (Å²) in [6.07, 6.45) is 2.29. The average Bonchev–Trinajstić information content (AvgIpc) is 3.49. The van der Waals surface area contributed by atoms with Gasteiger partial charge in [-0.25, -0.2) is 0 Å². The van der Waals surface area contributed by atoms with E-state index < -0.39 is 0 Å². The van der Waals surface area contributed by atoms with Crippen molar-refractivity contribution in [2.75, 3.05) is 20.6 Å². The molecule has 5 nitrogen and oxygen atoms in total. The van der Waals surface area contributed by atoms with Gasteiger partial charge < -0.3 is 16.0 Å². The number of benzene rings is 2. The van der Waals surface area contributed by atoms with E-state index in [9.17, 15) is 4.79 Å². The molecule has 0 aromatic heterocycles. The third-order valence-corrected chi connectivity index (χ3v) is 5.22. The lowest BCUT2D eigenvalue weighted by Gasteiger charge is -2.19. The summed E-state index contributed by atoms with van der Waals surface area (Å²) >= 11 is 6.15. The SMILES string of the molecule is CN=C(NCc1cccc(C(=O)NC)c1)NCC1(c2cccc(Cl)c2)CC1. The molecule has 3 N–H and O–H groups in total. The van der Waals surface area contributed by atoms with Crippen molar-refractivity contribution in [1.82, 2.24) is 16.0 Å². The van der Waals surface area contributed by atoms with Crippen LogP contribution >= 0.6 is 11.6 Å². The normalized spacial score (nSPS) is 15.1. The van der Waals surface area contributed by atoms with Gasteiger partial charge in [0, 0.05) is 43.2 Å². The monoisotopic (exact) mass is 384 g/mol. The Kier molecular flexibility index (Phi) is 6.01. The van der Waals surface area contributed by atoms with Crippen molar-refractivity contribution < 1.29 is 4.79 Å². The van der Waals surface area contributed by atoms with Crippen molar-refractivity contribution in [3.05, 3.63) is 70.2 Å². The number of carbonyl (C=O) groups is 1. The highest BCUT2D eigenvalue weighted by molar-refractivity contribution is 6.30. The summed E-state index contributed by atoms with van der Waals surface area (Å²) in [6.45, 7) is 1.40. The quantitative estimate of drug-likeness (QED) is 0.529. The zero-order valence-corrected chi connectivity index (χ0v) is 16.4. The lowest BCUT2D eigenvalue weighted by atomic mass is 9.96. The Hall–Kier alpha value is -2.53. The van der Waals surface area contributed by atoms with Gasteiger partial charge >= 0.3 is 0 Å². The predicted molar refractivity (Wildman–Crippen MR) is 110 cm³/mol. The summed E-state index contributed by atoms with van der Waals surface area (Å²) < 4.78 is 0. The highest BCUT2D eigenvalue weighted by Crippen LogP contribution is 2.48. The number of rotatable bonds is 6. The van der Waals surface area contributed by atoms with E-state index in [1.54, 1.807) is 20.2 Å². The van der Waals surface area contributed by atoms with Crippen LogP contribution in [0.3, 0.4) is 0 Å². The molecule has 0 bridgehead atoms. The smallest absolute Gasteiger partial charge is 0.251 e. The predicted octanol–water partition coefficient (Wildman–Crippen LogP) is 3.10. The molecule has 2 aromatic carbocycles. The number of carbonyl (C=O) groups excluding carboxylic acids is 1. The topological polar surface area (TPSA) is 65.5 Å². The largest absolute Gasteiger partial charge is 0.356 e. The first-order valence-corrected chi connectivity index (χ1v) is 9.46. The summed E-state index contributed by atoms with van der Waals surface area (Å²) in [5, 5.41) is 10.2. The fourth-order valence-electron chi connectivity index (χ4n) is 3.16. The minimum atomic E-state index is -0.0865. The maximum atomic E-state index is 11.8. The lowest BCUT2D eigenvalue weighted by molar-refractivity contribution is 0.0963. The van der Waals surface area contributed by atoms with Crippen molar-refractivity contribution in [1.29, 1.82) is 0 Å². The second-order valence-corrected chi connectivity index (χ2v) is 7.29. The molecular formula is C21H25ClN4O. The number of hydrogen-bond donors (Lipinski definition) is 3. The third kappa shape index (κ3) is 4.80. The van der Waals surface area contributed by atoms with Gasteiger partial charge in [0.15, 0.2) is 5.96 Å². The lowest BCUT2D eigenvalue weighted by Crippen LogP contribution is -2.40. The van der Waals surface area contributed by atoms with Crippen LogP contribution in [-0.2, 0) is 12.0 Å². The molecule has 1 saturated carbocycles. The summed E-state index contributed by atoms with van der Waals surface area (Å²) in [5.41, 5.74) is 3.09. The van der Waals surface area contributed by atoms with Crippen LogP contribution in [0.15, 0.2) is 53.5 Å². The zero-order chi connectivity index (χ0) is 19.3. The first-order chi connectivity index (χ1) is 13.1. The molecular weight excluding hydrogens is 360 g/mol. The van der Waals surface area contributed by atoms with Crippen LogP contribution in [0.2, 0.25) is 5.02 Å². The highest BCUT2D eigenvalue weighted by Gasteiger charge is 2.44. The number of amides is 1. The van der Waals surface area contributed by atoms with Gasteiger partial charge in [-0.05, 0) is 48.2 Å². The van der Waals surface area contributed by atoms with Gasteiger partial charge in [0.25, 0.3) is 5.91 Å². The Morgan fingerprint density at radius 1 is 1.15 bits per heavy atom. The summed E-state index contributed by atoms with van der Waals surface area (Å²) in [4.78, 5) is 16.1. The van der Waals surface area contributed by atoms with Crippen LogP contribution in [0.1, 0.15) is 34.3 Å². The highest BCUT2D eigenvalue weighted by atomic mass is 35.5. The summed E-state index contributed by atoms with van der Waals surface area (Å²) in [6, 6.07) is 15.7. The first-order valence-electron chi connectivity index (χ1n) is 9.08. The minimum Gasteiger partial charge on any atom is -0.356 e. The Morgan fingerprint density at radius 3 is 2.59 bits per heavy atom. The first kappa shape index (κ1) is 19.2. The second-order valence-electron chi connectivity index (χ2n) is 6.85. The molecule has 0 radical (unpaired) electrons. The molecule has 0 atom stereocenters. The Morgan fingerprint density at radius 2 is 1.93 bits per heavy atom. The number of halogens is 1. The van der Waals surface area contributed by atoms with Gasteiger partial charge in [0.05, 0.1) is 0 Å². The van der Waals surface area contributed by atoms with Gasteiger partial charge in [-0.3, -0.25) is 9.79 Å². The number of guanidine groups is 1. The van der Waals surface area contributed by atoms with Crippen LogP contribution in [0.4, 0.5) is 0 Å². The van der Waals surface area contributed by atoms with E-state index in [1.807, 2.05) is 30.3 Å². The number of nitrogens with one attached hydrogen (secondary N) is 3. The van der Waals surface area contributed by atoms with E-state index in [4.69, 9.17) is 11.6 Å². The Balaban J connectivity index is 1.57. The molecule has 0 saturated heterocycles. The van der Waals surface area contributed by atoms with E-state index >= 15 is 0 Å². The standard InChI is InChI=1S/C21H25ClN4O/c1-23-19(27)16-6-3-5-15(11-16)13-25-20(24-2)26-14-21(9-10-21)17-7-4-8-18(22)12-17/h3-8,11-12H,9-10,13-14H2,1-2H3,(H,23,27)(H2,24,25,26). The molecule has 142 valence electrons. The number of nitrogens with zero attached hydrogens (tertiary/aromatic N) is 1. The molecule has 2 aromatic rings. The molecule has 0 heterocycles. The third-order valence-electron chi connectivity index (χ3n) is 4.98. The van der Waals surface area contributed by atoms with Gasteiger partial charge in [-0.2, -0.15) is 0 Å². The number of hydrogen-bond acceptors (Lipinski definition) is 2. The van der Waals surface area contributed by atoms with E-state index in [0.717, 1.165) is 35.9 Å². The van der Waals surface area contributed by atoms with Gasteiger partial charge in [0.1, 0.15) is 0 Å². The van der Waals surface area contributed by atoms with Crippen molar-refractivity contribution >= 4 is 23.5 Å². The van der Waals surface area contributed by atoms with Crippen LogP contribution in [-0.4, -0.2) is 32.5 Å². The molecule has 0 unspecified atom stereocenters. The molecule has 1 aliphatic rings. The summed E-state index contributed by atoms with van der Waals surface area (Å²) in [5.74, 6) is 0.658. The van der Waals surface area contributed by atoms with Crippen molar-refractivity contribution in [3.63, 3.8) is 0 Å². The van der Waals surface area contributed by atoms with Crippen molar-refractivity contribution in [2.24, 2.45) is 4.99 Å². The molecule has 6 heteroatoms. The Bertz CT molecular complexity index is 846. The van der Waals surface area contributed by atoms with E-state index in [-0.39, 0.29) is 11.3 Å². The van der Waals surface area contributed by atoms with Gasteiger partial charge in [-0.1, -0.05) is 35.9 Å². The molecule has 0 aliphatic heterocycles. The number of aliphatic imine (C=N–C) groups is 1. The molecule has 1 amide bonds. The zero-order valence-electron chi connectivity index (χ0n) is 15.7. The van der Waals surface area contributed by atoms with Crippen LogP contribution < -0.4 is 16.0 Å². The van der Waals surface area contributed by atoms with Crippen LogP contribution in [0, 0.1) is 0 Å². The molecule has 3 rings (SSSR count). The van der Waals surface area contributed by atoms with Crippen LogP contribution in [0.5, 0.6) is 0 Å². The van der Waals surface area contributed by atoms with E-state index in [0.29, 0.717) is 12.1 Å². The van der Waals surface area contributed by atoms with Crippen LogP contribution in [0.25, 0.3) is 0 Å². The molecule has 1 aliphatic carbocycles. The van der Waals surface area contributed by atoms with E-state index in [2.05, 4.69) is 33.1 Å². The van der Waals surface area contributed by atoms with Gasteiger partial charge in [0.2, 0.25) is 0 Å². The van der Waals surface area contributed by atoms with Gasteiger partial charge in [-0.15, -0.1) is 0 Å². The van der Waals surface area contributed by atoms with Crippen molar-refractivity contribution in [2.45, 2.75) is 24.8 Å². The van der Waals surface area contributed by atoms with E-state index in [1.165, 1.54) is 5.56 Å². The average molecular weight is 385 g/mol. The molecule has 27 heavy (non-hydrogen) atoms. The second kappa shape index (κ2) is 8.44. The fraction of sp³-hybridized carbons (Fsp3) is 0.333. The maximum absolute atomic E-state index is 11.8. The molecule has 0 spiro atoms. The maximum Gasteiger partial charge on any atom is 0.251 e. The minimum absolute atomic E-state index is 0.0865.